The fourth-order valence-corrected chi connectivity index (χ4v) is 3.41. The lowest BCUT2D eigenvalue weighted by Gasteiger charge is -2.23. The number of hydrogen-bond donors (Lipinski definition) is 2. The van der Waals surface area contributed by atoms with E-state index in [9.17, 15) is 20.3 Å². The third-order valence-corrected chi connectivity index (χ3v) is 5.03. The van der Waals surface area contributed by atoms with E-state index >= 15 is 0 Å². The second-order valence-corrected chi connectivity index (χ2v) is 6.66. The highest BCUT2D eigenvalue weighted by molar-refractivity contribution is 5.49. The maximum absolute atomic E-state index is 10.9. The van der Waals surface area contributed by atoms with Gasteiger partial charge in [0.1, 0.15) is 11.5 Å². The van der Waals surface area contributed by atoms with Gasteiger partial charge >= 0.3 is 0 Å². The van der Waals surface area contributed by atoms with Crippen molar-refractivity contribution < 1.29 is 15.1 Å². The van der Waals surface area contributed by atoms with Gasteiger partial charge in [0.15, 0.2) is 0 Å². The van der Waals surface area contributed by atoms with Crippen LogP contribution in [0, 0.1) is 24.0 Å². The van der Waals surface area contributed by atoms with Gasteiger partial charge in [0.2, 0.25) is 0 Å². The SMILES string of the molecule is Cc1c(O)cccc1C(Cc1ccc([N+](=O)[O-])cc1)c1cccc(O)c1C. The zero-order valence-corrected chi connectivity index (χ0v) is 15.2. The molecule has 0 bridgehead atoms. The van der Waals surface area contributed by atoms with E-state index < -0.39 is 4.92 Å². The van der Waals surface area contributed by atoms with Crippen molar-refractivity contribution in [2.45, 2.75) is 26.2 Å². The Kier molecular flexibility index (Phi) is 5.12. The molecule has 0 aliphatic rings. The van der Waals surface area contributed by atoms with Gasteiger partial charge in [-0.05, 0) is 60.2 Å². The van der Waals surface area contributed by atoms with Crippen molar-refractivity contribution in [3.8, 4) is 11.5 Å². The molecule has 0 amide bonds. The van der Waals surface area contributed by atoms with E-state index in [-0.39, 0.29) is 23.1 Å². The monoisotopic (exact) mass is 363 g/mol. The normalized spacial score (nSPS) is 10.9. The third kappa shape index (κ3) is 3.77. The molecular formula is C22H21NO4. The van der Waals surface area contributed by atoms with Crippen LogP contribution in [-0.4, -0.2) is 15.1 Å². The zero-order valence-electron chi connectivity index (χ0n) is 15.2. The van der Waals surface area contributed by atoms with Gasteiger partial charge in [-0.2, -0.15) is 0 Å². The number of nitrogens with zero attached hydrogens (tertiary/aromatic N) is 1. The first-order valence-corrected chi connectivity index (χ1v) is 8.68. The van der Waals surface area contributed by atoms with E-state index in [4.69, 9.17) is 0 Å². The molecule has 3 aromatic rings. The molecule has 2 N–H and O–H groups in total. The van der Waals surface area contributed by atoms with Crippen molar-refractivity contribution >= 4 is 5.69 Å². The summed E-state index contributed by atoms with van der Waals surface area (Å²) in [5, 5.41) is 31.2. The van der Waals surface area contributed by atoms with Crippen molar-refractivity contribution in [3.63, 3.8) is 0 Å². The average Bonchev–Trinajstić information content (AvgIpc) is 2.65. The molecule has 0 aliphatic carbocycles. The van der Waals surface area contributed by atoms with Gasteiger partial charge in [-0.15, -0.1) is 0 Å². The summed E-state index contributed by atoms with van der Waals surface area (Å²) in [7, 11) is 0. The molecular weight excluding hydrogens is 342 g/mol. The van der Waals surface area contributed by atoms with E-state index in [1.54, 1.807) is 36.4 Å². The molecule has 0 saturated heterocycles. The van der Waals surface area contributed by atoms with E-state index in [2.05, 4.69) is 0 Å². The summed E-state index contributed by atoms with van der Waals surface area (Å²) < 4.78 is 0. The van der Waals surface area contributed by atoms with Gasteiger partial charge in [0.25, 0.3) is 5.69 Å². The van der Waals surface area contributed by atoms with Crippen LogP contribution in [0.3, 0.4) is 0 Å². The maximum atomic E-state index is 10.9. The highest BCUT2D eigenvalue weighted by Gasteiger charge is 2.21. The third-order valence-electron chi connectivity index (χ3n) is 5.03. The summed E-state index contributed by atoms with van der Waals surface area (Å²) in [6.45, 7) is 3.73. The fraction of sp³-hybridized carbons (Fsp3) is 0.182. The minimum absolute atomic E-state index is 0.0531. The van der Waals surface area contributed by atoms with Crippen molar-refractivity contribution in [2.75, 3.05) is 0 Å². The van der Waals surface area contributed by atoms with Crippen LogP contribution >= 0.6 is 0 Å². The number of aromatic hydroxyl groups is 2. The number of non-ortho nitro benzene ring substituents is 1. The minimum atomic E-state index is -0.417. The van der Waals surface area contributed by atoms with Crippen molar-refractivity contribution in [3.05, 3.63) is 98.6 Å². The van der Waals surface area contributed by atoms with Gasteiger partial charge in [0, 0.05) is 18.1 Å². The van der Waals surface area contributed by atoms with Crippen molar-refractivity contribution in [1.82, 2.24) is 0 Å². The zero-order chi connectivity index (χ0) is 19.6. The Labute approximate surface area is 157 Å². The molecule has 0 fully saturated rings. The maximum Gasteiger partial charge on any atom is 0.269 e. The predicted molar refractivity (Wildman–Crippen MR) is 104 cm³/mol. The highest BCUT2D eigenvalue weighted by Crippen LogP contribution is 2.37. The molecule has 0 radical (unpaired) electrons. The predicted octanol–water partition coefficient (Wildman–Crippen LogP) is 5.00. The summed E-state index contributed by atoms with van der Waals surface area (Å²) >= 11 is 0. The molecule has 138 valence electrons. The van der Waals surface area contributed by atoms with E-state index in [0.29, 0.717) is 6.42 Å². The standard InChI is InChI=1S/C22H21NO4/c1-14-18(5-3-7-21(14)24)20(19-6-4-8-22(25)15(19)2)13-16-9-11-17(12-10-16)23(26)27/h3-12,20,24-25H,13H2,1-2H3. The number of phenolic OH excluding ortho intramolecular Hbond substituents is 2. The first-order chi connectivity index (χ1) is 12.9. The highest BCUT2D eigenvalue weighted by atomic mass is 16.6. The van der Waals surface area contributed by atoms with Gasteiger partial charge in [-0.1, -0.05) is 36.4 Å². The van der Waals surface area contributed by atoms with Gasteiger partial charge in [-0.3, -0.25) is 10.1 Å². The Hall–Kier alpha value is -3.34. The van der Waals surface area contributed by atoms with Crippen LogP contribution in [0.4, 0.5) is 5.69 Å². The molecule has 0 aromatic heterocycles. The number of rotatable bonds is 5. The molecule has 3 rings (SSSR count). The first kappa shape index (κ1) is 18.5. The first-order valence-electron chi connectivity index (χ1n) is 8.68. The quantitative estimate of drug-likeness (QED) is 0.494. The molecule has 27 heavy (non-hydrogen) atoms. The Morgan fingerprint density at radius 3 is 1.78 bits per heavy atom. The number of phenols is 2. The second-order valence-electron chi connectivity index (χ2n) is 6.66. The van der Waals surface area contributed by atoms with Crippen LogP contribution in [0.25, 0.3) is 0 Å². The lowest BCUT2D eigenvalue weighted by atomic mass is 9.81. The van der Waals surface area contributed by atoms with Gasteiger partial charge < -0.3 is 10.2 Å². The smallest absolute Gasteiger partial charge is 0.269 e. The summed E-state index contributed by atoms with van der Waals surface area (Å²) in [5.74, 6) is 0.337. The molecule has 0 saturated carbocycles. The Balaban J connectivity index is 2.08. The van der Waals surface area contributed by atoms with Crippen LogP contribution in [0.15, 0.2) is 60.7 Å². The molecule has 0 spiro atoms. The van der Waals surface area contributed by atoms with Crippen LogP contribution in [0.5, 0.6) is 11.5 Å². The largest absolute Gasteiger partial charge is 0.508 e. The lowest BCUT2D eigenvalue weighted by molar-refractivity contribution is -0.384. The summed E-state index contributed by atoms with van der Waals surface area (Å²) in [5.41, 5.74) is 4.48. The number of nitro benzene ring substituents is 1. The van der Waals surface area contributed by atoms with Crippen LogP contribution in [0.1, 0.15) is 33.7 Å². The van der Waals surface area contributed by atoms with Crippen LogP contribution in [-0.2, 0) is 6.42 Å². The topological polar surface area (TPSA) is 83.6 Å². The molecule has 0 unspecified atom stereocenters. The minimum Gasteiger partial charge on any atom is -0.508 e. The van der Waals surface area contributed by atoms with Gasteiger partial charge in [0.05, 0.1) is 4.92 Å². The van der Waals surface area contributed by atoms with Crippen molar-refractivity contribution in [2.24, 2.45) is 0 Å². The van der Waals surface area contributed by atoms with Crippen LogP contribution < -0.4 is 0 Å². The molecule has 0 aliphatic heterocycles. The number of hydrogen-bond acceptors (Lipinski definition) is 4. The number of nitro groups is 1. The van der Waals surface area contributed by atoms with E-state index in [0.717, 1.165) is 27.8 Å². The second kappa shape index (κ2) is 7.50. The molecule has 3 aromatic carbocycles. The lowest BCUT2D eigenvalue weighted by Crippen LogP contribution is -2.09. The Morgan fingerprint density at radius 1 is 0.852 bits per heavy atom. The molecule has 0 atom stereocenters. The Morgan fingerprint density at radius 2 is 1.33 bits per heavy atom. The van der Waals surface area contributed by atoms with E-state index in [1.165, 1.54) is 12.1 Å². The summed E-state index contributed by atoms with van der Waals surface area (Å²) in [4.78, 5) is 10.5. The van der Waals surface area contributed by atoms with Crippen molar-refractivity contribution in [1.29, 1.82) is 0 Å². The van der Waals surface area contributed by atoms with Crippen LogP contribution in [0.2, 0.25) is 0 Å². The fourth-order valence-electron chi connectivity index (χ4n) is 3.41. The molecule has 5 nitrogen and oxygen atoms in total. The summed E-state index contributed by atoms with van der Waals surface area (Å²) in [6, 6.07) is 17.3. The number of benzene rings is 3. The molecule has 5 heteroatoms. The molecule has 0 heterocycles. The van der Waals surface area contributed by atoms with Gasteiger partial charge in [-0.25, -0.2) is 0 Å². The average molecular weight is 363 g/mol. The van der Waals surface area contributed by atoms with E-state index in [1.807, 2.05) is 26.0 Å². The Bertz CT molecular complexity index is 929. The summed E-state index contributed by atoms with van der Waals surface area (Å²) in [6.07, 6.45) is 0.590.